The van der Waals surface area contributed by atoms with Gasteiger partial charge in [-0.2, -0.15) is 11.8 Å². The second-order valence-electron chi connectivity index (χ2n) is 5.96. The fraction of sp³-hybridized carbons (Fsp3) is 0.350. The van der Waals surface area contributed by atoms with Crippen LogP contribution in [0.3, 0.4) is 0 Å². The van der Waals surface area contributed by atoms with Crippen molar-refractivity contribution in [2.24, 2.45) is 0 Å². The number of carbonyl (C=O) groups excluding carboxylic acids is 1. The smallest absolute Gasteiger partial charge is 0.260 e. The Morgan fingerprint density at radius 2 is 1.84 bits per heavy atom. The Labute approximate surface area is 159 Å². The molecule has 0 heterocycles. The maximum absolute atomic E-state index is 12.1. The Morgan fingerprint density at radius 3 is 2.48 bits per heavy atom. The molecule has 0 aromatic heterocycles. The molecule has 0 bridgehead atoms. The third kappa shape index (κ3) is 6.29. The molecule has 0 unspecified atom stereocenters. The van der Waals surface area contributed by atoms with Crippen LogP contribution in [0.4, 0.5) is 0 Å². The molecule has 1 amide bonds. The van der Waals surface area contributed by atoms with Crippen LogP contribution in [-0.2, 0) is 10.5 Å². The molecule has 1 atom stereocenters. The third-order valence-corrected chi connectivity index (χ3v) is 5.38. The van der Waals surface area contributed by atoms with Crippen molar-refractivity contribution in [3.05, 3.63) is 64.2 Å². The lowest BCUT2D eigenvalue weighted by Crippen LogP contribution is -2.37. The van der Waals surface area contributed by atoms with Crippen molar-refractivity contribution in [2.75, 3.05) is 12.3 Å². The number of benzene rings is 2. The summed E-state index contributed by atoms with van der Waals surface area (Å²) in [5.74, 6) is 2.38. The van der Waals surface area contributed by atoms with Crippen LogP contribution in [0, 0.1) is 13.8 Å². The summed E-state index contributed by atoms with van der Waals surface area (Å²) < 4.78 is 5.74. The molecule has 0 aliphatic carbocycles. The van der Waals surface area contributed by atoms with Gasteiger partial charge < -0.3 is 10.1 Å². The molecule has 1 N–H and O–H groups in total. The first kappa shape index (κ1) is 19.7. The summed E-state index contributed by atoms with van der Waals surface area (Å²) in [5, 5.41) is 3.65. The van der Waals surface area contributed by atoms with E-state index in [-0.39, 0.29) is 5.91 Å². The van der Waals surface area contributed by atoms with Crippen molar-refractivity contribution in [3.63, 3.8) is 0 Å². The molecule has 0 aliphatic rings. The van der Waals surface area contributed by atoms with E-state index in [0.29, 0.717) is 12.3 Å². The van der Waals surface area contributed by atoms with Crippen molar-refractivity contribution < 1.29 is 9.53 Å². The lowest BCUT2D eigenvalue weighted by atomic mass is 10.1. The van der Waals surface area contributed by atoms with E-state index in [2.05, 4.69) is 17.4 Å². The van der Waals surface area contributed by atoms with E-state index in [1.165, 1.54) is 5.56 Å². The minimum absolute atomic E-state index is 0.106. The van der Waals surface area contributed by atoms with Gasteiger partial charge in [-0.05, 0) is 49.6 Å². The van der Waals surface area contributed by atoms with Crippen LogP contribution in [0.2, 0.25) is 5.02 Å². The van der Waals surface area contributed by atoms with Gasteiger partial charge in [-0.15, -0.1) is 0 Å². The van der Waals surface area contributed by atoms with E-state index in [1.807, 2.05) is 44.2 Å². The van der Waals surface area contributed by atoms with Crippen LogP contribution in [0.25, 0.3) is 0 Å². The molecule has 0 saturated carbocycles. The summed E-state index contributed by atoms with van der Waals surface area (Å²) in [6.45, 7) is 6.24. The molecule has 5 heteroatoms. The highest BCUT2D eigenvalue weighted by molar-refractivity contribution is 7.98. The number of amides is 1. The molecule has 0 aliphatic heterocycles. The Hall–Kier alpha value is -1.65. The first-order valence-corrected chi connectivity index (χ1v) is 9.83. The predicted molar refractivity (Wildman–Crippen MR) is 107 cm³/mol. The van der Waals surface area contributed by atoms with Crippen molar-refractivity contribution >= 4 is 29.3 Å². The molecule has 3 nitrogen and oxygen atoms in total. The third-order valence-electron chi connectivity index (χ3n) is 3.75. The van der Waals surface area contributed by atoms with Crippen molar-refractivity contribution in [2.45, 2.75) is 32.6 Å². The summed E-state index contributed by atoms with van der Waals surface area (Å²) in [6, 6.07) is 14.0. The second-order valence-corrected chi connectivity index (χ2v) is 7.44. The van der Waals surface area contributed by atoms with E-state index in [4.69, 9.17) is 16.3 Å². The highest BCUT2D eigenvalue weighted by Crippen LogP contribution is 2.26. The average Bonchev–Trinajstić information content (AvgIpc) is 2.60. The monoisotopic (exact) mass is 377 g/mol. The summed E-state index contributed by atoms with van der Waals surface area (Å²) in [4.78, 5) is 12.1. The lowest BCUT2D eigenvalue weighted by molar-refractivity contribution is -0.127. The first-order valence-electron chi connectivity index (χ1n) is 8.30. The van der Waals surface area contributed by atoms with E-state index in [1.54, 1.807) is 18.7 Å². The number of carbonyl (C=O) groups is 1. The minimum Gasteiger partial charge on any atom is -0.481 e. The number of ether oxygens (including phenoxy) is 1. The molecule has 25 heavy (non-hydrogen) atoms. The Bertz CT molecular complexity index is 683. The topological polar surface area (TPSA) is 38.3 Å². The number of rotatable bonds is 8. The zero-order valence-corrected chi connectivity index (χ0v) is 16.4. The fourth-order valence-electron chi connectivity index (χ4n) is 2.39. The van der Waals surface area contributed by atoms with Crippen LogP contribution in [0.5, 0.6) is 5.75 Å². The van der Waals surface area contributed by atoms with Gasteiger partial charge in [-0.1, -0.05) is 41.9 Å². The molecule has 2 aromatic carbocycles. The minimum atomic E-state index is -0.543. The summed E-state index contributed by atoms with van der Waals surface area (Å²) in [6.07, 6.45) is -0.543. The number of thioether (sulfide) groups is 1. The molecular formula is C20H24ClNO2S. The van der Waals surface area contributed by atoms with Crippen LogP contribution < -0.4 is 10.1 Å². The SMILES string of the molecule is Cc1cc(O[C@@H](C)C(=O)NCCSCc2ccccc2)cc(C)c1Cl. The van der Waals surface area contributed by atoms with E-state index in [9.17, 15) is 4.79 Å². The highest BCUT2D eigenvalue weighted by Gasteiger charge is 2.15. The standard InChI is InChI=1S/C20H24ClNO2S/c1-14-11-18(12-15(2)19(14)21)24-16(3)20(23)22-9-10-25-13-17-7-5-4-6-8-17/h4-8,11-12,16H,9-10,13H2,1-3H3,(H,22,23)/t16-/m0/s1. The zero-order valence-electron chi connectivity index (χ0n) is 14.8. The normalized spacial score (nSPS) is 11.8. The van der Waals surface area contributed by atoms with Gasteiger partial charge in [0.05, 0.1) is 0 Å². The van der Waals surface area contributed by atoms with Crippen molar-refractivity contribution in [1.82, 2.24) is 5.32 Å². The van der Waals surface area contributed by atoms with E-state index >= 15 is 0 Å². The van der Waals surface area contributed by atoms with E-state index in [0.717, 1.165) is 27.7 Å². The van der Waals surface area contributed by atoms with Gasteiger partial charge in [0, 0.05) is 23.1 Å². The Morgan fingerprint density at radius 1 is 1.20 bits per heavy atom. The van der Waals surface area contributed by atoms with Gasteiger partial charge in [-0.3, -0.25) is 4.79 Å². The predicted octanol–water partition coefficient (Wildman–Crippen LogP) is 4.77. The van der Waals surface area contributed by atoms with Crippen LogP contribution >= 0.6 is 23.4 Å². The number of hydrogen-bond donors (Lipinski definition) is 1. The van der Waals surface area contributed by atoms with Crippen molar-refractivity contribution in [1.29, 1.82) is 0 Å². The molecule has 0 spiro atoms. The Balaban J connectivity index is 1.71. The molecule has 0 saturated heterocycles. The van der Waals surface area contributed by atoms with Crippen LogP contribution in [0.15, 0.2) is 42.5 Å². The van der Waals surface area contributed by atoms with Crippen LogP contribution in [-0.4, -0.2) is 24.3 Å². The van der Waals surface area contributed by atoms with Gasteiger partial charge in [0.2, 0.25) is 0 Å². The first-order chi connectivity index (χ1) is 12.0. The summed E-state index contributed by atoms with van der Waals surface area (Å²) in [5.41, 5.74) is 3.19. The van der Waals surface area contributed by atoms with Crippen LogP contribution in [0.1, 0.15) is 23.6 Å². The molecule has 0 fully saturated rings. The maximum Gasteiger partial charge on any atom is 0.260 e. The Kier molecular flexibility index (Phi) is 7.66. The molecule has 0 radical (unpaired) electrons. The summed E-state index contributed by atoms with van der Waals surface area (Å²) in [7, 11) is 0. The number of aryl methyl sites for hydroxylation is 2. The van der Waals surface area contributed by atoms with Gasteiger partial charge in [0.25, 0.3) is 5.91 Å². The summed E-state index contributed by atoms with van der Waals surface area (Å²) >= 11 is 7.95. The highest BCUT2D eigenvalue weighted by atomic mass is 35.5. The van der Waals surface area contributed by atoms with Gasteiger partial charge in [0.1, 0.15) is 5.75 Å². The quantitative estimate of drug-likeness (QED) is 0.673. The number of nitrogens with one attached hydrogen (secondary N) is 1. The lowest BCUT2D eigenvalue weighted by Gasteiger charge is -2.16. The average molecular weight is 378 g/mol. The van der Waals surface area contributed by atoms with Gasteiger partial charge in [-0.25, -0.2) is 0 Å². The fourth-order valence-corrected chi connectivity index (χ4v) is 3.31. The van der Waals surface area contributed by atoms with Gasteiger partial charge >= 0.3 is 0 Å². The van der Waals surface area contributed by atoms with E-state index < -0.39 is 6.10 Å². The second kappa shape index (κ2) is 9.73. The molecule has 134 valence electrons. The zero-order chi connectivity index (χ0) is 18.2. The largest absolute Gasteiger partial charge is 0.481 e. The number of hydrogen-bond acceptors (Lipinski definition) is 3. The molecular weight excluding hydrogens is 354 g/mol. The number of halogens is 1. The van der Waals surface area contributed by atoms with Gasteiger partial charge in [0.15, 0.2) is 6.10 Å². The van der Waals surface area contributed by atoms with Crippen molar-refractivity contribution in [3.8, 4) is 5.75 Å². The maximum atomic E-state index is 12.1. The molecule has 2 aromatic rings. The molecule has 2 rings (SSSR count).